The Balaban J connectivity index is 2.14. The molecule has 0 saturated heterocycles. The number of ether oxygens (including phenoxy) is 1. The molecule has 1 aromatic carbocycles. The van der Waals surface area contributed by atoms with Crippen molar-refractivity contribution < 1.29 is 14.6 Å². The van der Waals surface area contributed by atoms with Crippen LogP contribution >= 0.6 is 0 Å². The van der Waals surface area contributed by atoms with Crippen molar-refractivity contribution >= 4 is 17.6 Å². The molecule has 1 aromatic heterocycles. The SMILES string of the molecule is COc1ccc(CNc2ncnc(N)c2C(=O)O)cc1. The third-order valence-electron chi connectivity index (χ3n) is 2.71. The summed E-state index contributed by atoms with van der Waals surface area (Å²) in [5.74, 6) is -0.280. The number of aromatic nitrogens is 2. The minimum Gasteiger partial charge on any atom is -0.497 e. The second kappa shape index (κ2) is 5.87. The third kappa shape index (κ3) is 2.94. The molecule has 0 saturated carbocycles. The van der Waals surface area contributed by atoms with Crippen LogP contribution in [0.2, 0.25) is 0 Å². The monoisotopic (exact) mass is 274 g/mol. The van der Waals surface area contributed by atoms with Gasteiger partial charge in [-0.05, 0) is 17.7 Å². The van der Waals surface area contributed by atoms with Gasteiger partial charge in [0.15, 0.2) is 0 Å². The van der Waals surface area contributed by atoms with E-state index in [1.807, 2.05) is 24.3 Å². The molecule has 0 radical (unpaired) electrons. The molecule has 2 aromatic rings. The molecule has 20 heavy (non-hydrogen) atoms. The summed E-state index contributed by atoms with van der Waals surface area (Å²) >= 11 is 0. The van der Waals surface area contributed by atoms with Crippen LogP contribution in [-0.2, 0) is 6.54 Å². The van der Waals surface area contributed by atoms with E-state index >= 15 is 0 Å². The maximum absolute atomic E-state index is 11.1. The molecule has 2 rings (SSSR count). The number of benzene rings is 1. The van der Waals surface area contributed by atoms with Gasteiger partial charge in [-0.15, -0.1) is 0 Å². The van der Waals surface area contributed by atoms with Crippen LogP contribution in [0.15, 0.2) is 30.6 Å². The Morgan fingerprint density at radius 3 is 2.65 bits per heavy atom. The lowest BCUT2D eigenvalue weighted by Crippen LogP contribution is -2.12. The molecule has 0 fully saturated rings. The lowest BCUT2D eigenvalue weighted by molar-refractivity contribution is 0.0698. The van der Waals surface area contributed by atoms with Gasteiger partial charge < -0.3 is 20.9 Å². The van der Waals surface area contributed by atoms with Crippen LogP contribution < -0.4 is 15.8 Å². The van der Waals surface area contributed by atoms with Crippen molar-refractivity contribution in [3.8, 4) is 5.75 Å². The highest BCUT2D eigenvalue weighted by atomic mass is 16.5. The second-order valence-electron chi connectivity index (χ2n) is 3.99. The second-order valence-corrected chi connectivity index (χ2v) is 3.99. The molecule has 4 N–H and O–H groups in total. The summed E-state index contributed by atoms with van der Waals surface area (Å²) in [7, 11) is 1.59. The van der Waals surface area contributed by atoms with Gasteiger partial charge in [0.25, 0.3) is 0 Å². The Morgan fingerprint density at radius 1 is 1.35 bits per heavy atom. The Bertz CT molecular complexity index is 614. The number of nitrogens with zero attached hydrogens (tertiary/aromatic N) is 2. The van der Waals surface area contributed by atoms with Crippen molar-refractivity contribution in [3.05, 3.63) is 41.7 Å². The van der Waals surface area contributed by atoms with E-state index in [2.05, 4.69) is 15.3 Å². The number of carboxylic acid groups (broad SMARTS) is 1. The highest BCUT2D eigenvalue weighted by Gasteiger charge is 2.16. The van der Waals surface area contributed by atoms with E-state index in [0.717, 1.165) is 11.3 Å². The molecule has 7 heteroatoms. The zero-order chi connectivity index (χ0) is 14.5. The summed E-state index contributed by atoms with van der Waals surface area (Å²) in [5.41, 5.74) is 6.37. The molecule has 0 aliphatic heterocycles. The van der Waals surface area contributed by atoms with E-state index in [1.165, 1.54) is 6.33 Å². The first-order valence-electron chi connectivity index (χ1n) is 5.82. The topological polar surface area (TPSA) is 110 Å². The zero-order valence-corrected chi connectivity index (χ0v) is 10.8. The number of rotatable bonds is 5. The van der Waals surface area contributed by atoms with Gasteiger partial charge in [0, 0.05) is 6.54 Å². The van der Waals surface area contributed by atoms with Crippen molar-refractivity contribution in [1.29, 1.82) is 0 Å². The number of anilines is 2. The summed E-state index contributed by atoms with van der Waals surface area (Å²) in [4.78, 5) is 18.7. The standard InChI is InChI=1S/C13H14N4O3/c1-20-9-4-2-8(3-5-9)6-15-12-10(13(18)19)11(14)16-7-17-12/h2-5,7H,6H2,1H3,(H,18,19)(H3,14,15,16,17). The van der Waals surface area contributed by atoms with Gasteiger partial charge >= 0.3 is 5.97 Å². The zero-order valence-electron chi connectivity index (χ0n) is 10.8. The lowest BCUT2D eigenvalue weighted by atomic mass is 10.2. The minimum absolute atomic E-state index is 0.0651. The Kier molecular flexibility index (Phi) is 3.99. The highest BCUT2D eigenvalue weighted by molar-refractivity contribution is 5.97. The van der Waals surface area contributed by atoms with Crippen molar-refractivity contribution in [2.24, 2.45) is 0 Å². The van der Waals surface area contributed by atoms with Gasteiger partial charge in [-0.25, -0.2) is 14.8 Å². The normalized spacial score (nSPS) is 10.1. The Morgan fingerprint density at radius 2 is 2.05 bits per heavy atom. The molecule has 0 aliphatic carbocycles. The van der Waals surface area contributed by atoms with E-state index in [0.29, 0.717) is 6.54 Å². The number of nitrogens with two attached hydrogens (primary N) is 1. The van der Waals surface area contributed by atoms with E-state index in [1.54, 1.807) is 7.11 Å². The molecule has 0 spiro atoms. The fourth-order valence-corrected chi connectivity index (χ4v) is 1.67. The number of nitrogens with one attached hydrogen (secondary N) is 1. The predicted octanol–water partition coefficient (Wildman–Crippen LogP) is 1.38. The van der Waals surface area contributed by atoms with E-state index in [9.17, 15) is 4.79 Å². The molecule has 1 heterocycles. The average Bonchev–Trinajstić information content (AvgIpc) is 2.45. The summed E-state index contributed by atoms with van der Waals surface area (Å²) < 4.78 is 5.06. The highest BCUT2D eigenvalue weighted by Crippen LogP contribution is 2.18. The molecule has 0 bridgehead atoms. The molecule has 0 atom stereocenters. The first-order valence-corrected chi connectivity index (χ1v) is 5.82. The molecule has 104 valence electrons. The Labute approximate surface area is 115 Å². The summed E-state index contributed by atoms with van der Waals surface area (Å²) in [6, 6.07) is 7.39. The van der Waals surface area contributed by atoms with E-state index < -0.39 is 5.97 Å². The van der Waals surface area contributed by atoms with E-state index in [-0.39, 0.29) is 17.2 Å². The van der Waals surface area contributed by atoms with Crippen molar-refractivity contribution in [1.82, 2.24) is 9.97 Å². The van der Waals surface area contributed by atoms with Crippen LogP contribution in [0.4, 0.5) is 11.6 Å². The Hall–Kier alpha value is -2.83. The average molecular weight is 274 g/mol. The smallest absolute Gasteiger partial charge is 0.343 e. The van der Waals surface area contributed by atoms with Crippen LogP contribution in [0.3, 0.4) is 0 Å². The van der Waals surface area contributed by atoms with Crippen molar-refractivity contribution in [2.45, 2.75) is 6.54 Å². The molecule has 7 nitrogen and oxygen atoms in total. The van der Waals surface area contributed by atoms with Crippen molar-refractivity contribution in [2.75, 3.05) is 18.2 Å². The third-order valence-corrected chi connectivity index (χ3v) is 2.71. The minimum atomic E-state index is -1.17. The largest absolute Gasteiger partial charge is 0.497 e. The van der Waals surface area contributed by atoms with Crippen molar-refractivity contribution in [3.63, 3.8) is 0 Å². The first kappa shape index (κ1) is 13.6. The number of nitrogen functional groups attached to an aromatic ring is 1. The first-order chi connectivity index (χ1) is 9.61. The molecule has 0 unspecified atom stereocenters. The lowest BCUT2D eigenvalue weighted by Gasteiger charge is -2.09. The number of carbonyl (C=O) groups is 1. The predicted molar refractivity (Wildman–Crippen MR) is 73.7 cm³/mol. The number of methoxy groups -OCH3 is 1. The molecular formula is C13H14N4O3. The van der Waals surface area contributed by atoms with E-state index in [4.69, 9.17) is 15.6 Å². The fraction of sp³-hybridized carbons (Fsp3) is 0.154. The van der Waals surface area contributed by atoms with Gasteiger partial charge in [-0.3, -0.25) is 0 Å². The number of carboxylic acids is 1. The maximum atomic E-state index is 11.1. The van der Waals surface area contributed by atoms with Gasteiger partial charge in [-0.1, -0.05) is 12.1 Å². The maximum Gasteiger partial charge on any atom is 0.343 e. The molecular weight excluding hydrogens is 260 g/mol. The van der Waals surface area contributed by atoms with Gasteiger partial charge in [0.05, 0.1) is 7.11 Å². The molecule has 0 amide bonds. The van der Waals surface area contributed by atoms with Crippen LogP contribution in [0.5, 0.6) is 5.75 Å². The summed E-state index contributed by atoms with van der Waals surface area (Å²) in [5, 5.41) is 12.0. The number of hydrogen-bond donors (Lipinski definition) is 3. The van der Waals surface area contributed by atoms with Crippen LogP contribution in [0, 0.1) is 0 Å². The van der Waals surface area contributed by atoms with Gasteiger partial charge in [0.2, 0.25) is 0 Å². The van der Waals surface area contributed by atoms with Crippen LogP contribution in [0.25, 0.3) is 0 Å². The van der Waals surface area contributed by atoms with Gasteiger partial charge in [0.1, 0.15) is 29.3 Å². The summed E-state index contributed by atoms with van der Waals surface area (Å²) in [6.45, 7) is 0.417. The number of hydrogen-bond acceptors (Lipinski definition) is 6. The quantitative estimate of drug-likeness (QED) is 0.755. The summed E-state index contributed by atoms with van der Waals surface area (Å²) in [6.07, 6.45) is 1.22. The fourth-order valence-electron chi connectivity index (χ4n) is 1.67. The number of aromatic carboxylic acids is 1. The molecule has 0 aliphatic rings. The van der Waals surface area contributed by atoms with Crippen LogP contribution in [-0.4, -0.2) is 28.2 Å². The van der Waals surface area contributed by atoms with Crippen LogP contribution in [0.1, 0.15) is 15.9 Å². The van der Waals surface area contributed by atoms with Gasteiger partial charge in [-0.2, -0.15) is 0 Å².